The maximum atomic E-state index is 12.1. The largest absolute Gasteiger partial charge is 0.426 e. The molecule has 0 spiro atoms. The van der Waals surface area contributed by atoms with E-state index >= 15 is 0 Å². The normalized spacial score (nSPS) is 10.3. The van der Waals surface area contributed by atoms with Gasteiger partial charge < -0.3 is 13.7 Å². The second-order valence-electron chi connectivity index (χ2n) is 7.26. The Labute approximate surface area is 198 Å². The van der Waals surface area contributed by atoms with Crippen molar-refractivity contribution in [2.75, 3.05) is 6.26 Å². The summed E-state index contributed by atoms with van der Waals surface area (Å²) in [4.78, 5) is 46.9. The standard InChI is InChI=1S/C25H28O7S/c1-33-32-25(29)20-13-9-11-15-22(20)31-24(28)17-7-5-3-2-4-6-16-23(27)30-21-14-10-8-12-19(21)18-26/h8-15,18H,2-7,16-17H2,1H3. The smallest absolute Gasteiger partial charge is 0.353 e. The molecule has 7 nitrogen and oxygen atoms in total. The summed E-state index contributed by atoms with van der Waals surface area (Å²) in [6.07, 6.45) is 7.84. The highest BCUT2D eigenvalue weighted by atomic mass is 32.2. The van der Waals surface area contributed by atoms with Crippen molar-refractivity contribution >= 4 is 36.2 Å². The van der Waals surface area contributed by atoms with Crippen molar-refractivity contribution in [3.63, 3.8) is 0 Å². The SMILES string of the molecule is CSOC(=O)c1ccccc1OC(=O)CCCCCCCCC(=O)Oc1ccccc1C=O. The third kappa shape index (κ3) is 9.49. The number of rotatable bonds is 14. The van der Waals surface area contributed by atoms with Gasteiger partial charge in [-0.1, -0.05) is 49.9 Å². The molecule has 2 aromatic carbocycles. The van der Waals surface area contributed by atoms with Crippen molar-refractivity contribution in [1.29, 1.82) is 0 Å². The number of carbonyl (C=O) groups excluding carboxylic acids is 4. The van der Waals surface area contributed by atoms with Crippen molar-refractivity contribution in [2.24, 2.45) is 0 Å². The van der Waals surface area contributed by atoms with Crippen LogP contribution in [-0.2, 0) is 13.8 Å². The minimum Gasteiger partial charge on any atom is -0.426 e. The Morgan fingerprint density at radius 3 is 1.88 bits per heavy atom. The lowest BCUT2D eigenvalue weighted by molar-refractivity contribution is -0.135. The van der Waals surface area contributed by atoms with Crippen molar-refractivity contribution < 1.29 is 32.8 Å². The van der Waals surface area contributed by atoms with Gasteiger partial charge in [0.1, 0.15) is 17.1 Å². The van der Waals surface area contributed by atoms with E-state index in [-0.39, 0.29) is 35.9 Å². The van der Waals surface area contributed by atoms with E-state index < -0.39 is 11.9 Å². The molecule has 176 valence electrons. The van der Waals surface area contributed by atoms with Crippen LogP contribution in [0.5, 0.6) is 11.5 Å². The van der Waals surface area contributed by atoms with E-state index in [0.29, 0.717) is 24.7 Å². The van der Waals surface area contributed by atoms with Gasteiger partial charge in [0.25, 0.3) is 0 Å². The highest BCUT2D eigenvalue weighted by Gasteiger charge is 2.16. The molecule has 0 aliphatic carbocycles. The fourth-order valence-corrected chi connectivity index (χ4v) is 3.35. The van der Waals surface area contributed by atoms with Crippen LogP contribution in [0.3, 0.4) is 0 Å². The average molecular weight is 473 g/mol. The molecular formula is C25H28O7S. The molecule has 0 bridgehead atoms. The third-order valence-corrected chi connectivity index (χ3v) is 5.09. The second-order valence-corrected chi connectivity index (χ2v) is 7.76. The van der Waals surface area contributed by atoms with E-state index in [1.807, 2.05) is 0 Å². The van der Waals surface area contributed by atoms with E-state index in [0.717, 1.165) is 37.7 Å². The number of unbranched alkanes of at least 4 members (excludes halogenated alkanes) is 5. The molecule has 0 atom stereocenters. The van der Waals surface area contributed by atoms with Gasteiger partial charge in [-0.25, -0.2) is 4.79 Å². The molecule has 2 aromatic rings. The topological polar surface area (TPSA) is 96.0 Å². The maximum Gasteiger partial charge on any atom is 0.353 e. The molecule has 33 heavy (non-hydrogen) atoms. The van der Waals surface area contributed by atoms with E-state index in [9.17, 15) is 19.2 Å². The Kier molecular flexibility index (Phi) is 11.7. The number of carbonyl (C=O) groups is 4. The molecule has 0 radical (unpaired) electrons. The lowest BCUT2D eigenvalue weighted by atomic mass is 10.1. The number of benzene rings is 2. The first-order valence-electron chi connectivity index (χ1n) is 10.8. The summed E-state index contributed by atoms with van der Waals surface area (Å²) in [6, 6.07) is 13.1. The number of esters is 2. The predicted octanol–water partition coefficient (Wildman–Crippen LogP) is 5.57. The van der Waals surface area contributed by atoms with Crippen molar-refractivity contribution in [3.8, 4) is 11.5 Å². The number of hydrogen-bond donors (Lipinski definition) is 0. The zero-order chi connectivity index (χ0) is 23.9. The number of para-hydroxylation sites is 2. The van der Waals surface area contributed by atoms with E-state index in [2.05, 4.69) is 0 Å². The van der Waals surface area contributed by atoms with E-state index in [1.54, 1.807) is 54.8 Å². The van der Waals surface area contributed by atoms with Gasteiger partial charge in [-0.2, -0.15) is 0 Å². The van der Waals surface area contributed by atoms with Crippen molar-refractivity contribution in [2.45, 2.75) is 51.4 Å². The summed E-state index contributed by atoms with van der Waals surface area (Å²) in [5.41, 5.74) is 0.570. The Morgan fingerprint density at radius 1 is 0.758 bits per heavy atom. The van der Waals surface area contributed by atoms with E-state index in [4.69, 9.17) is 13.7 Å². The fourth-order valence-electron chi connectivity index (χ4n) is 3.11. The molecule has 0 heterocycles. The first-order valence-corrected chi connectivity index (χ1v) is 12.0. The highest BCUT2D eigenvalue weighted by Crippen LogP contribution is 2.21. The summed E-state index contributed by atoms with van der Waals surface area (Å²) in [7, 11) is 0. The summed E-state index contributed by atoms with van der Waals surface area (Å²) in [6.45, 7) is 0. The van der Waals surface area contributed by atoms with Crippen LogP contribution in [0, 0.1) is 0 Å². The molecule has 0 N–H and O–H groups in total. The average Bonchev–Trinajstić information content (AvgIpc) is 2.81. The Bertz CT molecular complexity index is 942. The second kappa shape index (κ2) is 14.8. The van der Waals surface area contributed by atoms with Gasteiger partial charge in [-0.3, -0.25) is 14.4 Å². The summed E-state index contributed by atoms with van der Waals surface area (Å²) in [5, 5.41) is 0. The summed E-state index contributed by atoms with van der Waals surface area (Å²) < 4.78 is 15.5. The van der Waals surface area contributed by atoms with Gasteiger partial charge in [-0.15, -0.1) is 0 Å². The lowest BCUT2D eigenvalue weighted by Crippen LogP contribution is -2.11. The van der Waals surface area contributed by atoms with Crippen LogP contribution in [0.2, 0.25) is 0 Å². The Morgan fingerprint density at radius 2 is 1.27 bits per heavy atom. The molecule has 0 amide bonds. The Balaban J connectivity index is 1.57. The number of aldehydes is 1. The number of ether oxygens (including phenoxy) is 2. The van der Waals surface area contributed by atoms with Crippen LogP contribution in [0.25, 0.3) is 0 Å². The van der Waals surface area contributed by atoms with Crippen LogP contribution >= 0.6 is 12.0 Å². The molecule has 0 aliphatic heterocycles. The molecule has 0 aromatic heterocycles. The molecule has 8 heteroatoms. The van der Waals surface area contributed by atoms with Crippen LogP contribution in [-0.4, -0.2) is 30.4 Å². The number of hydrogen-bond acceptors (Lipinski definition) is 8. The van der Waals surface area contributed by atoms with Crippen LogP contribution in [0.15, 0.2) is 48.5 Å². The van der Waals surface area contributed by atoms with Gasteiger partial charge in [-0.05, 0) is 37.1 Å². The van der Waals surface area contributed by atoms with Gasteiger partial charge in [0.2, 0.25) is 0 Å². The quantitative estimate of drug-likeness (QED) is 0.116. The van der Waals surface area contributed by atoms with Crippen LogP contribution < -0.4 is 9.47 Å². The Hall–Kier alpha value is -3.13. The summed E-state index contributed by atoms with van der Waals surface area (Å²) in [5.74, 6) is -0.813. The minimum absolute atomic E-state index is 0.198. The van der Waals surface area contributed by atoms with Gasteiger partial charge >= 0.3 is 17.9 Å². The van der Waals surface area contributed by atoms with Crippen LogP contribution in [0.1, 0.15) is 72.1 Å². The highest BCUT2D eigenvalue weighted by molar-refractivity contribution is 7.94. The maximum absolute atomic E-state index is 12.1. The van der Waals surface area contributed by atoms with Gasteiger partial charge in [0, 0.05) is 19.1 Å². The van der Waals surface area contributed by atoms with Gasteiger partial charge in [0.05, 0.1) is 17.6 Å². The molecule has 2 rings (SSSR count). The van der Waals surface area contributed by atoms with Crippen molar-refractivity contribution in [3.05, 3.63) is 59.7 Å². The predicted molar refractivity (Wildman–Crippen MR) is 125 cm³/mol. The van der Waals surface area contributed by atoms with E-state index in [1.165, 1.54) is 0 Å². The monoisotopic (exact) mass is 472 g/mol. The molecule has 0 saturated carbocycles. The fraction of sp³-hybridized carbons (Fsp3) is 0.360. The zero-order valence-electron chi connectivity index (χ0n) is 18.6. The van der Waals surface area contributed by atoms with Gasteiger partial charge in [0.15, 0.2) is 6.29 Å². The first kappa shape index (κ1) is 26.1. The molecular weight excluding hydrogens is 444 g/mol. The van der Waals surface area contributed by atoms with Crippen LogP contribution in [0.4, 0.5) is 0 Å². The third-order valence-electron chi connectivity index (χ3n) is 4.77. The zero-order valence-corrected chi connectivity index (χ0v) is 19.4. The lowest BCUT2D eigenvalue weighted by Gasteiger charge is -2.08. The first-order chi connectivity index (χ1) is 16.0. The summed E-state index contributed by atoms with van der Waals surface area (Å²) >= 11 is 0.932. The molecule has 0 saturated heterocycles. The molecule has 0 aliphatic rings. The molecule has 0 unspecified atom stereocenters. The van der Waals surface area contributed by atoms with Crippen molar-refractivity contribution in [1.82, 2.24) is 0 Å². The minimum atomic E-state index is -0.553. The molecule has 0 fully saturated rings.